The van der Waals surface area contributed by atoms with Gasteiger partial charge in [0.1, 0.15) is 0 Å². The molecule has 0 fully saturated rings. The number of aryl methyl sites for hydroxylation is 2. The highest BCUT2D eigenvalue weighted by Gasteiger charge is 2.30. The summed E-state index contributed by atoms with van der Waals surface area (Å²) in [5, 5.41) is 0. The highest BCUT2D eigenvalue weighted by atomic mass is 14.3. The average molecular weight is 335 g/mol. The zero-order chi connectivity index (χ0) is 17.8. The quantitative estimate of drug-likeness (QED) is 0.524. The van der Waals surface area contributed by atoms with Crippen LogP contribution in [0.15, 0.2) is 53.1 Å². The molecule has 0 amide bonds. The Morgan fingerprint density at radius 1 is 1.04 bits per heavy atom. The zero-order valence-corrected chi connectivity index (χ0v) is 16.6. The molecule has 0 nitrogen and oxygen atoms in total. The third-order valence-electron chi connectivity index (χ3n) is 5.95. The predicted molar refractivity (Wildman–Crippen MR) is 110 cm³/mol. The normalized spacial score (nSPS) is 20.0. The molecule has 0 spiro atoms. The van der Waals surface area contributed by atoms with Gasteiger partial charge in [0.25, 0.3) is 0 Å². The van der Waals surface area contributed by atoms with Crippen molar-refractivity contribution < 1.29 is 0 Å². The van der Waals surface area contributed by atoms with Crippen LogP contribution in [0.2, 0.25) is 0 Å². The van der Waals surface area contributed by atoms with E-state index in [9.17, 15) is 0 Å². The Morgan fingerprint density at radius 3 is 2.52 bits per heavy atom. The first-order valence-electron chi connectivity index (χ1n) is 10.3. The molecule has 0 aliphatic heterocycles. The molecule has 1 unspecified atom stereocenters. The van der Waals surface area contributed by atoms with Crippen LogP contribution in [0.1, 0.15) is 81.9 Å². The van der Waals surface area contributed by atoms with Gasteiger partial charge in [-0.1, -0.05) is 74.3 Å². The lowest BCUT2D eigenvalue weighted by Crippen LogP contribution is -2.16. The molecule has 0 radical (unpaired) electrons. The molecule has 2 aliphatic rings. The summed E-state index contributed by atoms with van der Waals surface area (Å²) in [5.74, 6) is 1.34. The Balaban J connectivity index is 2.16. The number of fused-ring (bicyclic) bond motifs is 1. The van der Waals surface area contributed by atoms with Gasteiger partial charge in [-0.15, -0.1) is 0 Å². The second kappa shape index (κ2) is 8.21. The number of rotatable bonds is 5. The summed E-state index contributed by atoms with van der Waals surface area (Å²) in [4.78, 5) is 0. The van der Waals surface area contributed by atoms with E-state index in [0.717, 1.165) is 12.3 Å². The molecule has 0 bridgehead atoms. The minimum Gasteiger partial charge on any atom is -0.0802 e. The van der Waals surface area contributed by atoms with Crippen LogP contribution in [0.3, 0.4) is 0 Å². The maximum Gasteiger partial charge on any atom is 0.0123 e. The van der Waals surface area contributed by atoms with E-state index < -0.39 is 0 Å². The first-order valence-corrected chi connectivity index (χ1v) is 10.3. The monoisotopic (exact) mass is 334 g/mol. The number of benzene rings is 1. The first kappa shape index (κ1) is 18.2. The maximum atomic E-state index is 2.50. The largest absolute Gasteiger partial charge is 0.0802 e. The number of allylic oxidation sites excluding steroid dienone is 6. The van der Waals surface area contributed by atoms with Crippen LogP contribution >= 0.6 is 0 Å². The average Bonchev–Trinajstić information content (AvgIpc) is 2.84. The second-order valence-electron chi connectivity index (χ2n) is 8.10. The summed E-state index contributed by atoms with van der Waals surface area (Å²) in [6, 6.07) is 7.22. The molecule has 1 aromatic rings. The highest BCUT2D eigenvalue weighted by Crippen LogP contribution is 2.45. The molecule has 1 aromatic carbocycles. The smallest absolute Gasteiger partial charge is 0.0123 e. The zero-order valence-electron chi connectivity index (χ0n) is 16.6. The SMILES string of the molecule is CCCC(CCC)C1C2=C(C=C(C)CC=C2)CCc2cc(C)ccc21. The van der Waals surface area contributed by atoms with E-state index in [2.05, 4.69) is 64.1 Å². The Bertz CT molecular complexity index is 693. The molecule has 0 heteroatoms. The van der Waals surface area contributed by atoms with Crippen LogP contribution in [-0.4, -0.2) is 0 Å². The molecule has 134 valence electrons. The Labute approximate surface area is 154 Å². The highest BCUT2D eigenvalue weighted by molar-refractivity contribution is 5.50. The van der Waals surface area contributed by atoms with Crippen molar-refractivity contribution in [3.63, 3.8) is 0 Å². The molecule has 2 aliphatic carbocycles. The van der Waals surface area contributed by atoms with Crippen molar-refractivity contribution >= 4 is 0 Å². The van der Waals surface area contributed by atoms with Gasteiger partial charge in [-0.05, 0) is 74.1 Å². The summed E-state index contributed by atoms with van der Waals surface area (Å²) in [7, 11) is 0. The van der Waals surface area contributed by atoms with E-state index >= 15 is 0 Å². The molecular formula is C25H34. The van der Waals surface area contributed by atoms with E-state index in [1.54, 1.807) is 22.3 Å². The van der Waals surface area contributed by atoms with Crippen molar-refractivity contribution in [2.24, 2.45) is 5.92 Å². The fraction of sp³-hybridized carbons (Fsp3) is 0.520. The van der Waals surface area contributed by atoms with Gasteiger partial charge >= 0.3 is 0 Å². The Hall–Kier alpha value is -1.56. The summed E-state index contributed by atoms with van der Waals surface area (Å²) in [6.07, 6.45) is 16.1. The van der Waals surface area contributed by atoms with Crippen molar-refractivity contribution in [1.82, 2.24) is 0 Å². The molecule has 25 heavy (non-hydrogen) atoms. The van der Waals surface area contributed by atoms with Crippen LogP contribution in [0.5, 0.6) is 0 Å². The van der Waals surface area contributed by atoms with Crippen LogP contribution in [0, 0.1) is 12.8 Å². The fourth-order valence-electron chi connectivity index (χ4n) is 4.86. The minimum atomic E-state index is 0.575. The first-order chi connectivity index (χ1) is 12.1. The molecule has 0 heterocycles. The molecule has 1 atom stereocenters. The molecule has 0 N–H and O–H groups in total. The summed E-state index contributed by atoms with van der Waals surface area (Å²) in [6.45, 7) is 9.21. The lowest BCUT2D eigenvalue weighted by atomic mass is 9.74. The molecule has 0 aromatic heterocycles. The van der Waals surface area contributed by atoms with Gasteiger partial charge in [0, 0.05) is 5.92 Å². The predicted octanol–water partition coefficient (Wildman–Crippen LogP) is 7.44. The minimum absolute atomic E-state index is 0.575. The van der Waals surface area contributed by atoms with E-state index in [0.29, 0.717) is 5.92 Å². The Kier molecular flexibility index (Phi) is 5.99. The molecule has 0 saturated carbocycles. The van der Waals surface area contributed by atoms with Crippen LogP contribution in [-0.2, 0) is 6.42 Å². The molecular weight excluding hydrogens is 300 g/mol. The van der Waals surface area contributed by atoms with Gasteiger partial charge in [0.05, 0.1) is 0 Å². The van der Waals surface area contributed by atoms with Gasteiger partial charge < -0.3 is 0 Å². The van der Waals surface area contributed by atoms with Crippen molar-refractivity contribution in [2.75, 3.05) is 0 Å². The summed E-state index contributed by atoms with van der Waals surface area (Å²) < 4.78 is 0. The van der Waals surface area contributed by atoms with Crippen molar-refractivity contribution in [3.05, 3.63) is 69.8 Å². The fourth-order valence-corrected chi connectivity index (χ4v) is 4.86. The van der Waals surface area contributed by atoms with E-state index in [4.69, 9.17) is 0 Å². The third kappa shape index (κ3) is 4.00. The summed E-state index contributed by atoms with van der Waals surface area (Å²) in [5.41, 5.74) is 9.33. The third-order valence-corrected chi connectivity index (χ3v) is 5.95. The lowest BCUT2D eigenvalue weighted by molar-refractivity contribution is 0.394. The van der Waals surface area contributed by atoms with Crippen molar-refractivity contribution in [2.45, 2.75) is 78.6 Å². The second-order valence-corrected chi connectivity index (χ2v) is 8.10. The standard InChI is InChI=1S/C25H34/c1-5-8-20(9-6-2)25-23-11-7-10-18(3)16-21(23)13-14-22-17-19(4)12-15-24(22)25/h7,11-12,15-17,20,25H,5-6,8-10,13-14H2,1-4H3. The molecule has 0 saturated heterocycles. The van der Waals surface area contributed by atoms with Gasteiger partial charge in [0.2, 0.25) is 0 Å². The number of hydrogen-bond donors (Lipinski definition) is 0. The van der Waals surface area contributed by atoms with Crippen LogP contribution < -0.4 is 0 Å². The number of hydrogen-bond acceptors (Lipinski definition) is 0. The van der Waals surface area contributed by atoms with Gasteiger partial charge in [-0.3, -0.25) is 0 Å². The topological polar surface area (TPSA) is 0 Å². The summed E-state index contributed by atoms with van der Waals surface area (Å²) >= 11 is 0. The van der Waals surface area contributed by atoms with Crippen molar-refractivity contribution in [1.29, 1.82) is 0 Å². The van der Waals surface area contributed by atoms with Gasteiger partial charge in [0.15, 0.2) is 0 Å². The maximum absolute atomic E-state index is 2.50. The van der Waals surface area contributed by atoms with E-state index in [1.165, 1.54) is 49.7 Å². The van der Waals surface area contributed by atoms with Crippen LogP contribution in [0.25, 0.3) is 0 Å². The van der Waals surface area contributed by atoms with Crippen LogP contribution in [0.4, 0.5) is 0 Å². The Morgan fingerprint density at radius 2 is 1.80 bits per heavy atom. The van der Waals surface area contributed by atoms with Gasteiger partial charge in [-0.25, -0.2) is 0 Å². The van der Waals surface area contributed by atoms with Gasteiger partial charge in [-0.2, -0.15) is 0 Å². The van der Waals surface area contributed by atoms with E-state index in [-0.39, 0.29) is 0 Å². The lowest BCUT2D eigenvalue weighted by Gasteiger charge is -2.30. The van der Waals surface area contributed by atoms with E-state index in [1.807, 2.05) is 0 Å². The molecule has 3 rings (SSSR count). The van der Waals surface area contributed by atoms with Crippen molar-refractivity contribution in [3.8, 4) is 0 Å².